The Morgan fingerprint density at radius 2 is 2.11 bits per heavy atom. The molecule has 2 saturated heterocycles. The largest absolute Gasteiger partial charge is 0.497 e. The van der Waals surface area contributed by atoms with E-state index in [-0.39, 0.29) is 11.7 Å². The molecule has 0 spiro atoms. The van der Waals surface area contributed by atoms with Crippen LogP contribution in [0.25, 0.3) is 0 Å². The monoisotopic (exact) mass is 248 g/mol. The zero-order valence-corrected chi connectivity index (χ0v) is 10.3. The van der Waals surface area contributed by atoms with Crippen LogP contribution in [0.2, 0.25) is 0 Å². The van der Waals surface area contributed by atoms with Crippen molar-refractivity contribution in [1.29, 1.82) is 0 Å². The van der Waals surface area contributed by atoms with Crippen molar-refractivity contribution in [3.63, 3.8) is 0 Å². The van der Waals surface area contributed by atoms with Crippen molar-refractivity contribution in [1.82, 2.24) is 0 Å². The number of methoxy groups -OCH3 is 1. The van der Waals surface area contributed by atoms with E-state index in [2.05, 4.69) is 12.1 Å². The Morgan fingerprint density at radius 1 is 1.28 bits per heavy atom. The summed E-state index contributed by atoms with van der Waals surface area (Å²) in [6.45, 7) is 1.18. The Balaban J connectivity index is 1.67. The average molecular weight is 248 g/mol. The van der Waals surface area contributed by atoms with Gasteiger partial charge in [0.05, 0.1) is 19.8 Å². The van der Waals surface area contributed by atoms with E-state index in [0.29, 0.717) is 18.8 Å². The number of hydrogen-bond donors (Lipinski definition) is 0. The molecule has 18 heavy (non-hydrogen) atoms. The van der Waals surface area contributed by atoms with Gasteiger partial charge in [0, 0.05) is 5.92 Å². The summed E-state index contributed by atoms with van der Waals surface area (Å²) in [5.74, 6) is 1.34. The highest BCUT2D eigenvalue weighted by molar-refractivity contribution is 5.38. The minimum atomic E-state index is -0.222. The van der Waals surface area contributed by atoms with E-state index in [1.165, 1.54) is 5.56 Å². The standard InChI is InChI=1S/C14H16O4/c1-15-11-4-2-10(3-5-11)14-12(18-14)6-9-7-16-8-17-13(9)14/h2-5,9,12-13H,6-8H2,1H3/t9-,12-,13+,14-/m0/s1. The molecule has 4 heteroatoms. The molecular formula is C14H16O4. The molecule has 4 rings (SSSR count). The zero-order valence-electron chi connectivity index (χ0n) is 10.3. The molecule has 2 heterocycles. The average Bonchev–Trinajstić information content (AvgIpc) is 3.07. The highest BCUT2D eigenvalue weighted by atomic mass is 16.7. The van der Waals surface area contributed by atoms with E-state index in [9.17, 15) is 0 Å². The molecule has 2 aliphatic heterocycles. The fourth-order valence-corrected chi connectivity index (χ4v) is 3.43. The Hall–Kier alpha value is -1.10. The molecule has 0 amide bonds. The number of epoxide rings is 1. The van der Waals surface area contributed by atoms with Gasteiger partial charge in [0.15, 0.2) is 0 Å². The van der Waals surface area contributed by atoms with Crippen molar-refractivity contribution in [3.8, 4) is 5.75 Å². The predicted molar refractivity (Wildman–Crippen MR) is 63.3 cm³/mol. The fraction of sp³-hybridized carbons (Fsp3) is 0.571. The SMILES string of the molecule is COc1ccc([C@]23O[C@H]2C[C@H]2COCO[C@H]23)cc1. The molecule has 3 aliphatic rings. The first-order valence-corrected chi connectivity index (χ1v) is 6.36. The molecule has 0 radical (unpaired) electrons. The molecular weight excluding hydrogens is 232 g/mol. The lowest BCUT2D eigenvalue weighted by atomic mass is 9.91. The maximum atomic E-state index is 5.95. The van der Waals surface area contributed by atoms with Crippen molar-refractivity contribution in [2.75, 3.05) is 20.5 Å². The van der Waals surface area contributed by atoms with Gasteiger partial charge < -0.3 is 18.9 Å². The topological polar surface area (TPSA) is 40.2 Å². The van der Waals surface area contributed by atoms with Gasteiger partial charge in [0.2, 0.25) is 0 Å². The van der Waals surface area contributed by atoms with E-state index in [0.717, 1.165) is 18.8 Å². The molecule has 96 valence electrons. The molecule has 4 nitrogen and oxygen atoms in total. The second-order valence-corrected chi connectivity index (χ2v) is 5.20. The van der Waals surface area contributed by atoms with Crippen LogP contribution in [0.3, 0.4) is 0 Å². The van der Waals surface area contributed by atoms with Gasteiger partial charge in [-0.25, -0.2) is 0 Å². The van der Waals surface area contributed by atoms with E-state index in [1.54, 1.807) is 7.11 Å². The molecule has 3 fully saturated rings. The minimum absolute atomic E-state index is 0.143. The number of hydrogen-bond acceptors (Lipinski definition) is 4. The minimum Gasteiger partial charge on any atom is -0.497 e. The summed E-state index contributed by atoms with van der Waals surface area (Å²) in [4.78, 5) is 0. The number of ether oxygens (including phenoxy) is 4. The van der Waals surface area contributed by atoms with Crippen LogP contribution in [-0.2, 0) is 19.8 Å². The van der Waals surface area contributed by atoms with Gasteiger partial charge in [-0.3, -0.25) is 0 Å². The van der Waals surface area contributed by atoms with Gasteiger partial charge in [-0.05, 0) is 24.1 Å². The lowest BCUT2D eigenvalue weighted by Gasteiger charge is -2.31. The van der Waals surface area contributed by atoms with Crippen molar-refractivity contribution in [2.24, 2.45) is 5.92 Å². The number of fused-ring (bicyclic) bond motifs is 3. The van der Waals surface area contributed by atoms with Crippen molar-refractivity contribution >= 4 is 0 Å². The van der Waals surface area contributed by atoms with Gasteiger partial charge in [0.25, 0.3) is 0 Å². The summed E-state index contributed by atoms with van der Waals surface area (Å²) in [6.07, 6.45) is 1.48. The maximum Gasteiger partial charge on any atom is 0.147 e. The smallest absolute Gasteiger partial charge is 0.147 e. The van der Waals surface area contributed by atoms with Crippen LogP contribution in [0, 0.1) is 5.92 Å². The third-order valence-electron chi connectivity index (χ3n) is 4.33. The molecule has 1 aromatic carbocycles. The Kier molecular flexibility index (Phi) is 2.22. The summed E-state index contributed by atoms with van der Waals surface area (Å²) < 4.78 is 22.3. The van der Waals surface area contributed by atoms with Gasteiger partial charge >= 0.3 is 0 Å². The van der Waals surface area contributed by atoms with E-state index < -0.39 is 0 Å². The fourth-order valence-electron chi connectivity index (χ4n) is 3.43. The molecule has 1 aromatic rings. The van der Waals surface area contributed by atoms with E-state index >= 15 is 0 Å². The lowest BCUT2D eigenvalue weighted by molar-refractivity contribution is -0.188. The zero-order chi connectivity index (χ0) is 12.2. The molecule has 0 N–H and O–H groups in total. The molecule has 1 saturated carbocycles. The van der Waals surface area contributed by atoms with E-state index in [4.69, 9.17) is 18.9 Å². The third kappa shape index (κ3) is 1.31. The molecule has 4 atom stereocenters. The number of benzene rings is 1. The van der Waals surface area contributed by atoms with Crippen LogP contribution in [0.4, 0.5) is 0 Å². The lowest BCUT2D eigenvalue weighted by Crippen LogP contribution is -2.39. The highest BCUT2D eigenvalue weighted by Gasteiger charge is 2.71. The second-order valence-electron chi connectivity index (χ2n) is 5.20. The van der Waals surface area contributed by atoms with Crippen LogP contribution in [0.5, 0.6) is 5.75 Å². The second kappa shape index (κ2) is 3.70. The van der Waals surface area contributed by atoms with Crippen molar-refractivity contribution < 1.29 is 18.9 Å². The highest BCUT2D eigenvalue weighted by Crippen LogP contribution is 2.61. The summed E-state index contributed by atoms with van der Waals surface area (Å²) in [5.41, 5.74) is 0.975. The van der Waals surface area contributed by atoms with Crippen LogP contribution < -0.4 is 4.74 Å². The van der Waals surface area contributed by atoms with Gasteiger partial charge in [-0.15, -0.1) is 0 Å². The Morgan fingerprint density at radius 3 is 2.89 bits per heavy atom. The van der Waals surface area contributed by atoms with Crippen molar-refractivity contribution in [3.05, 3.63) is 29.8 Å². The Bertz CT molecular complexity index is 457. The number of rotatable bonds is 2. The van der Waals surface area contributed by atoms with Gasteiger partial charge in [-0.1, -0.05) is 12.1 Å². The maximum absolute atomic E-state index is 5.95. The molecule has 0 unspecified atom stereocenters. The normalized spacial score (nSPS) is 41.1. The molecule has 0 bridgehead atoms. The first-order chi connectivity index (χ1) is 8.84. The van der Waals surface area contributed by atoms with E-state index in [1.807, 2.05) is 12.1 Å². The molecule has 1 aliphatic carbocycles. The Labute approximate surface area is 106 Å². The summed E-state index contributed by atoms with van der Waals surface area (Å²) in [7, 11) is 1.68. The van der Waals surface area contributed by atoms with Gasteiger partial charge in [-0.2, -0.15) is 0 Å². The predicted octanol–water partition coefficient (Wildman–Crippen LogP) is 1.68. The van der Waals surface area contributed by atoms with Crippen LogP contribution in [-0.4, -0.2) is 32.7 Å². The summed E-state index contributed by atoms with van der Waals surface area (Å²) in [5, 5.41) is 0. The van der Waals surface area contributed by atoms with Crippen LogP contribution in [0.1, 0.15) is 12.0 Å². The van der Waals surface area contributed by atoms with Crippen LogP contribution >= 0.6 is 0 Å². The van der Waals surface area contributed by atoms with Crippen molar-refractivity contribution in [2.45, 2.75) is 24.2 Å². The molecule has 0 aromatic heterocycles. The first kappa shape index (κ1) is 10.8. The summed E-state index contributed by atoms with van der Waals surface area (Å²) in [6, 6.07) is 8.13. The summed E-state index contributed by atoms with van der Waals surface area (Å²) >= 11 is 0. The first-order valence-electron chi connectivity index (χ1n) is 6.36. The third-order valence-corrected chi connectivity index (χ3v) is 4.33. The van der Waals surface area contributed by atoms with Gasteiger partial charge in [0.1, 0.15) is 24.2 Å². The van der Waals surface area contributed by atoms with Crippen LogP contribution in [0.15, 0.2) is 24.3 Å². The quantitative estimate of drug-likeness (QED) is 0.747.